The minimum absolute atomic E-state index is 0.341. The minimum Gasteiger partial charge on any atom is -0.311 e. The van der Waals surface area contributed by atoms with Crippen LogP contribution in [0.1, 0.15) is 69.5 Å². The second-order valence-electron chi connectivity index (χ2n) is 7.02. The lowest BCUT2D eigenvalue weighted by Gasteiger charge is -2.26. The first-order chi connectivity index (χ1) is 10.3. The fraction of sp³-hybridized carbons (Fsp3) is 0.824. The van der Waals surface area contributed by atoms with Gasteiger partial charge in [0.1, 0.15) is 0 Å². The Labute approximate surface area is 133 Å². The van der Waals surface area contributed by atoms with Crippen molar-refractivity contribution in [1.82, 2.24) is 15.1 Å². The van der Waals surface area contributed by atoms with Gasteiger partial charge in [0.2, 0.25) is 0 Å². The van der Waals surface area contributed by atoms with Crippen LogP contribution in [0.2, 0.25) is 0 Å². The van der Waals surface area contributed by atoms with Crippen molar-refractivity contribution in [3.05, 3.63) is 18.0 Å². The van der Waals surface area contributed by atoms with Gasteiger partial charge in [0.15, 0.2) is 0 Å². The van der Waals surface area contributed by atoms with E-state index in [2.05, 4.69) is 22.3 Å². The van der Waals surface area contributed by atoms with Crippen LogP contribution in [0.4, 0.5) is 0 Å². The van der Waals surface area contributed by atoms with Crippen molar-refractivity contribution in [1.29, 1.82) is 0 Å². The van der Waals surface area contributed by atoms with E-state index in [0.29, 0.717) is 11.5 Å². The van der Waals surface area contributed by atoms with Crippen LogP contribution in [-0.4, -0.2) is 22.2 Å². The molecular weight excluding hydrogens is 282 g/mol. The number of hydrogen-bond acceptors (Lipinski definition) is 2. The molecule has 0 aliphatic heterocycles. The first kappa shape index (κ1) is 15.4. The van der Waals surface area contributed by atoms with Crippen molar-refractivity contribution in [3.63, 3.8) is 0 Å². The van der Waals surface area contributed by atoms with E-state index in [1.165, 1.54) is 63.5 Å². The lowest BCUT2D eigenvalue weighted by molar-refractivity contribution is 0.315. The van der Waals surface area contributed by atoms with Crippen LogP contribution in [0.5, 0.6) is 0 Å². The second kappa shape index (κ2) is 7.15. The van der Waals surface area contributed by atoms with Gasteiger partial charge in [-0.2, -0.15) is 5.10 Å². The molecule has 0 amide bonds. The third-order valence-electron chi connectivity index (χ3n) is 5.37. The summed E-state index contributed by atoms with van der Waals surface area (Å²) in [7, 11) is 0. The largest absolute Gasteiger partial charge is 0.311 e. The van der Waals surface area contributed by atoms with Gasteiger partial charge in [0, 0.05) is 25.2 Å². The molecule has 118 valence electrons. The summed E-state index contributed by atoms with van der Waals surface area (Å²) in [5, 5.41) is 8.36. The van der Waals surface area contributed by atoms with E-state index >= 15 is 0 Å². The van der Waals surface area contributed by atoms with Crippen LogP contribution in [0.25, 0.3) is 0 Å². The smallest absolute Gasteiger partial charge is 0.0762 e. The third-order valence-corrected chi connectivity index (χ3v) is 5.93. The number of nitrogens with zero attached hydrogens (tertiary/aromatic N) is 2. The number of alkyl halides is 1. The lowest BCUT2D eigenvalue weighted by Crippen LogP contribution is -2.33. The normalized spacial score (nSPS) is 22.7. The average Bonchev–Trinajstić information content (AvgIpc) is 3.18. The van der Waals surface area contributed by atoms with Gasteiger partial charge in [-0.1, -0.05) is 32.1 Å². The molecule has 0 bridgehead atoms. The molecule has 1 aromatic rings. The molecule has 4 heteroatoms. The van der Waals surface area contributed by atoms with Crippen LogP contribution in [0.15, 0.2) is 12.3 Å². The topological polar surface area (TPSA) is 29.9 Å². The Bertz CT molecular complexity index is 431. The van der Waals surface area contributed by atoms with Crippen LogP contribution < -0.4 is 5.32 Å². The SMILES string of the molecule is ClCC1(CNCc2ccn(C3CCCCC3)n2)CCCC1. The quantitative estimate of drug-likeness (QED) is 0.795. The molecule has 1 aromatic heterocycles. The summed E-state index contributed by atoms with van der Waals surface area (Å²) in [6, 6.07) is 2.81. The van der Waals surface area contributed by atoms with Crippen molar-refractivity contribution in [2.75, 3.05) is 12.4 Å². The zero-order chi connectivity index (χ0) is 14.5. The van der Waals surface area contributed by atoms with Crippen LogP contribution in [0.3, 0.4) is 0 Å². The standard InChI is InChI=1S/C17H28ClN3/c18-13-17(9-4-5-10-17)14-19-12-15-8-11-21(20-15)16-6-2-1-3-7-16/h8,11,16,19H,1-7,9-10,12-14H2. The molecule has 0 atom stereocenters. The molecule has 0 spiro atoms. The molecule has 21 heavy (non-hydrogen) atoms. The van der Waals surface area contributed by atoms with E-state index in [9.17, 15) is 0 Å². The fourth-order valence-corrected chi connectivity index (χ4v) is 4.32. The summed E-state index contributed by atoms with van der Waals surface area (Å²) in [6.07, 6.45) is 14.1. The Morgan fingerprint density at radius 1 is 1.19 bits per heavy atom. The van der Waals surface area contributed by atoms with Gasteiger partial charge in [0.05, 0.1) is 11.7 Å². The Morgan fingerprint density at radius 3 is 2.67 bits per heavy atom. The lowest BCUT2D eigenvalue weighted by atomic mass is 9.88. The van der Waals surface area contributed by atoms with Crippen LogP contribution in [-0.2, 0) is 6.54 Å². The predicted octanol–water partition coefficient (Wildman–Crippen LogP) is 4.28. The van der Waals surface area contributed by atoms with Crippen molar-refractivity contribution < 1.29 is 0 Å². The third kappa shape index (κ3) is 3.81. The van der Waals surface area contributed by atoms with E-state index in [0.717, 1.165) is 19.0 Å². The summed E-state index contributed by atoms with van der Waals surface area (Å²) in [5.41, 5.74) is 1.51. The van der Waals surface area contributed by atoms with E-state index in [1.54, 1.807) is 0 Å². The van der Waals surface area contributed by atoms with E-state index in [1.807, 2.05) is 0 Å². The van der Waals surface area contributed by atoms with Gasteiger partial charge in [-0.3, -0.25) is 4.68 Å². The number of halogens is 1. The van der Waals surface area contributed by atoms with Gasteiger partial charge in [-0.15, -0.1) is 11.6 Å². The molecular formula is C17H28ClN3. The molecule has 0 aromatic carbocycles. The predicted molar refractivity (Wildman–Crippen MR) is 87.7 cm³/mol. The van der Waals surface area contributed by atoms with Crippen molar-refractivity contribution in [3.8, 4) is 0 Å². The molecule has 0 radical (unpaired) electrons. The van der Waals surface area contributed by atoms with Crippen molar-refractivity contribution in [2.45, 2.75) is 70.4 Å². The Kier molecular flexibility index (Phi) is 5.23. The van der Waals surface area contributed by atoms with Gasteiger partial charge in [0.25, 0.3) is 0 Å². The summed E-state index contributed by atoms with van der Waals surface area (Å²) in [6.45, 7) is 1.91. The monoisotopic (exact) mass is 309 g/mol. The van der Waals surface area contributed by atoms with Gasteiger partial charge in [-0.05, 0) is 37.2 Å². The molecule has 0 saturated heterocycles. The van der Waals surface area contributed by atoms with Crippen molar-refractivity contribution in [2.24, 2.45) is 5.41 Å². The number of nitrogens with one attached hydrogen (secondary N) is 1. The summed E-state index contributed by atoms with van der Waals surface area (Å²) in [4.78, 5) is 0. The summed E-state index contributed by atoms with van der Waals surface area (Å²) < 4.78 is 2.20. The molecule has 3 rings (SSSR count). The Morgan fingerprint density at radius 2 is 1.95 bits per heavy atom. The molecule has 0 unspecified atom stereocenters. The molecule has 1 heterocycles. The van der Waals surface area contributed by atoms with Gasteiger partial charge in [-0.25, -0.2) is 0 Å². The number of hydrogen-bond donors (Lipinski definition) is 1. The highest BCUT2D eigenvalue weighted by atomic mass is 35.5. The van der Waals surface area contributed by atoms with E-state index in [4.69, 9.17) is 16.7 Å². The minimum atomic E-state index is 0.341. The second-order valence-corrected chi connectivity index (χ2v) is 7.29. The zero-order valence-electron chi connectivity index (χ0n) is 13.0. The first-order valence-electron chi connectivity index (χ1n) is 8.62. The maximum atomic E-state index is 6.19. The molecule has 2 saturated carbocycles. The van der Waals surface area contributed by atoms with Gasteiger partial charge >= 0.3 is 0 Å². The molecule has 2 aliphatic carbocycles. The van der Waals surface area contributed by atoms with E-state index in [-0.39, 0.29) is 0 Å². The van der Waals surface area contributed by atoms with Crippen molar-refractivity contribution >= 4 is 11.6 Å². The number of rotatable bonds is 6. The Hall–Kier alpha value is -0.540. The molecule has 3 nitrogen and oxygen atoms in total. The summed E-state index contributed by atoms with van der Waals surface area (Å²) >= 11 is 6.19. The number of aromatic nitrogens is 2. The van der Waals surface area contributed by atoms with Crippen LogP contribution >= 0.6 is 11.6 Å². The fourth-order valence-electron chi connectivity index (χ4n) is 3.96. The maximum absolute atomic E-state index is 6.19. The highest BCUT2D eigenvalue weighted by Gasteiger charge is 2.32. The highest BCUT2D eigenvalue weighted by Crippen LogP contribution is 2.38. The molecule has 1 N–H and O–H groups in total. The average molecular weight is 310 g/mol. The first-order valence-corrected chi connectivity index (χ1v) is 9.16. The van der Waals surface area contributed by atoms with E-state index < -0.39 is 0 Å². The Balaban J connectivity index is 1.48. The molecule has 2 aliphatic rings. The zero-order valence-corrected chi connectivity index (χ0v) is 13.7. The van der Waals surface area contributed by atoms with Crippen LogP contribution in [0, 0.1) is 5.41 Å². The molecule has 2 fully saturated rings. The summed E-state index contributed by atoms with van der Waals surface area (Å²) in [5.74, 6) is 0.788. The highest BCUT2D eigenvalue weighted by molar-refractivity contribution is 6.18. The van der Waals surface area contributed by atoms with Gasteiger partial charge < -0.3 is 5.32 Å². The maximum Gasteiger partial charge on any atom is 0.0762 e.